The molecule has 0 fully saturated rings. The third-order valence-electron chi connectivity index (χ3n) is 4.69. The molecule has 7 heteroatoms. The van der Waals surface area contributed by atoms with Crippen molar-refractivity contribution >= 4 is 40.6 Å². The van der Waals surface area contributed by atoms with Crippen LogP contribution in [-0.2, 0) is 0 Å². The Kier molecular flexibility index (Phi) is 5.35. The monoisotopic (exact) mass is 427 g/mol. The average molecular weight is 428 g/mol. The molecule has 0 atom stereocenters. The van der Waals surface area contributed by atoms with Gasteiger partial charge in [0, 0.05) is 0 Å². The normalized spacial score (nSPS) is 11.0. The fourth-order valence-corrected chi connectivity index (χ4v) is 3.44. The van der Waals surface area contributed by atoms with Crippen LogP contribution < -0.4 is 5.56 Å². The summed E-state index contributed by atoms with van der Waals surface area (Å²) >= 11 is 6.27. The number of carboxylic acid groups (broad SMARTS) is 1. The number of halogens is 1. The Morgan fingerprint density at radius 1 is 1.06 bits per heavy atom. The molecule has 0 aliphatic rings. The SMILES string of the molecule is N#Cc1ccc(/C=C/c2nc3cccc(Cl)c3c(=O)n2-c2cccc(C(=O)O)c2)cc1. The van der Waals surface area contributed by atoms with Gasteiger partial charge in [-0.25, -0.2) is 9.78 Å². The average Bonchev–Trinajstić information content (AvgIpc) is 2.78. The molecule has 0 saturated heterocycles. The third kappa shape index (κ3) is 3.95. The van der Waals surface area contributed by atoms with E-state index in [1.165, 1.54) is 16.7 Å². The maximum Gasteiger partial charge on any atom is 0.335 e. The van der Waals surface area contributed by atoms with Crippen molar-refractivity contribution in [2.24, 2.45) is 0 Å². The van der Waals surface area contributed by atoms with Crippen LogP contribution in [0.4, 0.5) is 0 Å². The summed E-state index contributed by atoms with van der Waals surface area (Å²) in [5, 5.41) is 18.8. The van der Waals surface area contributed by atoms with Crippen molar-refractivity contribution in [1.82, 2.24) is 9.55 Å². The van der Waals surface area contributed by atoms with Gasteiger partial charge in [-0.15, -0.1) is 0 Å². The predicted molar refractivity (Wildman–Crippen MR) is 119 cm³/mol. The summed E-state index contributed by atoms with van der Waals surface area (Å²) in [5.74, 6) is -0.789. The Labute approximate surface area is 181 Å². The molecule has 4 aromatic rings. The summed E-state index contributed by atoms with van der Waals surface area (Å²) in [6.45, 7) is 0. The number of aromatic carboxylic acids is 1. The van der Waals surface area contributed by atoms with E-state index < -0.39 is 11.5 Å². The van der Waals surface area contributed by atoms with E-state index in [4.69, 9.17) is 16.9 Å². The van der Waals surface area contributed by atoms with Crippen LogP contribution in [0.3, 0.4) is 0 Å². The summed E-state index contributed by atoms with van der Waals surface area (Å²) < 4.78 is 1.33. The van der Waals surface area contributed by atoms with Gasteiger partial charge in [-0.05, 0) is 54.1 Å². The van der Waals surface area contributed by atoms with Crippen LogP contribution in [0, 0.1) is 11.3 Å². The van der Waals surface area contributed by atoms with Crippen molar-refractivity contribution in [3.8, 4) is 11.8 Å². The van der Waals surface area contributed by atoms with Gasteiger partial charge in [0.1, 0.15) is 5.82 Å². The van der Waals surface area contributed by atoms with Crippen molar-refractivity contribution < 1.29 is 9.90 Å². The Balaban J connectivity index is 1.95. The summed E-state index contributed by atoms with van der Waals surface area (Å²) in [7, 11) is 0. The molecule has 6 nitrogen and oxygen atoms in total. The number of rotatable bonds is 4. The lowest BCUT2D eigenvalue weighted by molar-refractivity contribution is 0.0697. The lowest BCUT2D eigenvalue weighted by atomic mass is 10.1. The number of hydrogen-bond donors (Lipinski definition) is 1. The Morgan fingerprint density at radius 3 is 2.52 bits per heavy atom. The largest absolute Gasteiger partial charge is 0.478 e. The van der Waals surface area contributed by atoms with Gasteiger partial charge in [-0.2, -0.15) is 5.26 Å². The first-order valence-corrected chi connectivity index (χ1v) is 9.59. The highest BCUT2D eigenvalue weighted by Crippen LogP contribution is 2.22. The molecule has 0 bridgehead atoms. The Bertz CT molecular complexity index is 1450. The minimum Gasteiger partial charge on any atom is -0.478 e. The van der Waals surface area contributed by atoms with Gasteiger partial charge in [-0.1, -0.05) is 41.9 Å². The zero-order valence-electron chi connectivity index (χ0n) is 16.0. The van der Waals surface area contributed by atoms with Gasteiger partial charge in [0.25, 0.3) is 5.56 Å². The van der Waals surface area contributed by atoms with Crippen molar-refractivity contribution in [2.45, 2.75) is 0 Å². The van der Waals surface area contributed by atoms with Crippen molar-refractivity contribution in [3.05, 3.63) is 105 Å². The molecule has 150 valence electrons. The molecule has 1 N–H and O–H groups in total. The van der Waals surface area contributed by atoms with Crippen LogP contribution >= 0.6 is 11.6 Å². The molecule has 0 aliphatic heterocycles. The standard InChI is InChI=1S/C24H14ClN3O3/c25-19-5-2-6-20-22(19)23(29)28(18-4-1-3-17(13-18)24(30)31)21(27-20)12-11-15-7-9-16(14-26)10-8-15/h1-13H,(H,30,31)/b12-11+. The van der Waals surface area contributed by atoms with E-state index >= 15 is 0 Å². The maximum atomic E-state index is 13.4. The quantitative estimate of drug-likeness (QED) is 0.505. The van der Waals surface area contributed by atoms with Crippen LogP contribution in [0.15, 0.2) is 71.5 Å². The van der Waals surface area contributed by atoms with Crippen LogP contribution in [-0.4, -0.2) is 20.6 Å². The van der Waals surface area contributed by atoms with Gasteiger partial charge in [0.05, 0.1) is 38.8 Å². The number of carboxylic acids is 1. The zero-order valence-corrected chi connectivity index (χ0v) is 16.7. The molecule has 1 aromatic heterocycles. The summed E-state index contributed by atoms with van der Waals surface area (Å²) in [4.78, 5) is 29.4. The summed E-state index contributed by atoms with van der Waals surface area (Å²) in [5.41, 5.74) is 1.79. The molecule has 4 rings (SSSR count). The Morgan fingerprint density at radius 2 is 1.81 bits per heavy atom. The number of carbonyl (C=O) groups is 1. The molecule has 3 aromatic carbocycles. The minimum absolute atomic E-state index is 0.0469. The van der Waals surface area contributed by atoms with Crippen LogP contribution in [0.25, 0.3) is 28.7 Å². The number of benzene rings is 3. The lowest BCUT2D eigenvalue weighted by Crippen LogP contribution is -2.23. The molecule has 1 heterocycles. The lowest BCUT2D eigenvalue weighted by Gasteiger charge is -2.12. The third-order valence-corrected chi connectivity index (χ3v) is 5.00. The van der Waals surface area contributed by atoms with E-state index in [2.05, 4.69) is 11.1 Å². The number of hydrogen-bond acceptors (Lipinski definition) is 4. The van der Waals surface area contributed by atoms with Crippen molar-refractivity contribution in [3.63, 3.8) is 0 Å². The highest BCUT2D eigenvalue weighted by atomic mass is 35.5. The van der Waals surface area contributed by atoms with Crippen molar-refractivity contribution in [2.75, 3.05) is 0 Å². The first-order valence-electron chi connectivity index (χ1n) is 9.21. The molecule has 0 amide bonds. The van der Waals surface area contributed by atoms with Gasteiger partial charge < -0.3 is 5.11 Å². The van der Waals surface area contributed by atoms with E-state index in [1.807, 2.05) is 0 Å². The molecule has 0 spiro atoms. The van der Waals surface area contributed by atoms with Gasteiger partial charge >= 0.3 is 5.97 Å². The highest BCUT2D eigenvalue weighted by Gasteiger charge is 2.15. The van der Waals surface area contributed by atoms with Gasteiger partial charge in [-0.3, -0.25) is 9.36 Å². The maximum absolute atomic E-state index is 13.4. The molecular weight excluding hydrogens is 414 g/mol. The number of aromatic nitrogens is 2. The van der Waals surface area contributed by atoms with Crippen LogP contribution in [0.1, 0.15) is 27.3 Å². The van der Waals surface area contributed by atoms with Crippen molar-refractivity contribution in [1.29, 1.82) is 5.26 Å². The second-order valence-corrected chi connectivity index (χ2v) is 7.07. The predicted octanol–water partition coefficient (Wildman–Crippen LogP) is 4.78. The summed E-state index contributed by atoms with van der Waals surface area (Å²) in [6.07, 6.45) is 3.42. The second kappa shape index (κ2) is 8.27. The van der Waals surface area contributed by atoms with Crippen LogP contribution in [0.5, 0.6) is 0 Å². The van der Waals surface area contributed by atoms with E-state index in [1.54, 1.807) is 66.7 Å². The fraction of sp³-hybridized carbons (Fsp3) is 0. The molecular formula is C24H14ClN3O3. The van der Waals surface area contributed by atoms with E-state index in [0.29, 0.717) is 22.6 Å². The van der Waals surface area contributed by atoms with Crippen LogP contribution in [0.2, 0.25) is 5.02 Å². The van der Waals surface area contributed by atoms with Gasteiger partial charge in [0.15, 0.2) is 0 Å². The molecule has 0 aliphatic carbocycles. The first-order chi connectivity index (χ1) is 15.0. The summed E-state index contributed by atoms with van der Waals surface area (Å²) in [6, 6.07) is 20.1. The molecule has 31 heavy (non-hydrogen) atoms. The number of nitriles is 1. The highest BCUT2D eigenvalue weighted by molar-refractivity contribution is 6.35. The number of nitrogens with zero attached hydrogens (tertiary/aromatic N) is 3. The van der Waals surface area contributed by atoms with E-state index in [-0.39, 0.29) is 16.0 Å². The fourth-order valence-electron chi connectivity index (χ4n) is 3.19. The van der Waals surface area contributed by atoms with E-state index in [9.17, 15) is 14.7 Å². The molecule has 0 saturated carbocycles. The number of fused-ring (bicyclic) bond motifs is 1. The molecule has 0 unspecified atom stereocenters. The smallest absolute Gasteiger partial charge is 0.335 e. The molecule has 0 radical (unpaired) electrons. The van der Waals surface area contributed by atoms with Gasteiger partial charge in [0.2, 0.25) is 0 Å². The second-order valence-electron chi connectivity index (χ2n) is 6.67. The first kappa shape index (κ1) is 20.1. The minimum atomic E-state index is -1.10. The van der Waals surface area contributed by atoms with E-state index in [0.717, 1.165) is 5.56 Å². The Hall–Kier alpha value is -4.21. The zero-order chi connectivity index (χ0) is 22.0. The topological polar surface area (TPSA) is 96.0 Å².